The Morgan fingerprint density at radius 1 is 0.943 bits per heavy atom. The molecule has 0 spiro atoms. The van der Waals surface area contributed by atoms with Gasteiger partial charge in [-0.3, -0.25) is 43.2 Å². The van der Waals surface area contributed by atoms with Gasteiger partial charge in [0.05, 0.1) is 61.2 Å². The van der Waals surface area contributed by atoms with Crippen LogP contribution < -0.4 is 42.8 Å². The number of benzene rings is 2. The average Bonchev–Trinajstić information content (AvgIpc) is 3.71. The predicted molar refractivity (Wildman–Crippen MR) is 248 cm³/mol. The number of carboxylic acid groups (broad SMARTS) is 1. The van der Waals surface area contributed by atoms with E-state index in [2.05, 4.69) is 49.1 Å². The number of hydrogen-bond donors (Lipinski definition) is 8. The molecule has 0 bridgehead atoms. The van der Waals surface area contributed by atoms with Gasteiger partial charge in [0.2, 0.25) is 35.4 Å². The van der Waals surface area contributed by atoms with Crippen molar-refractivity contribution in [2.24, 2.45) is 0 Å². The molecule has 368 valence electrons. The van der Waals surface area contributed by atoms with Crippen molar-refractivity contribution in [1.82, 2.24) is 46.8 Å². The highest BCUT2D eigenvalue weighted by Gasteiger charge is 2.35. The molecule has 6 rings (SSSR count). The van der Waals surface area contributed by atoms with Gasteiger partial charge in [-0.25, -0.2) is 9.37 Å². The van der Waals surface area contributed by atoms with Gasteiger partial charge in [-0.05, 0) is 48.1 Å². The summed E-state index contributed by atoms with van der Waals surface area (Å²) in [5.74, 6) is 0.566. The molecule has 2 aliphatic rings. The Morgan fingerprint density at radius 2 is 1.67 bits per heavy atom. The number of aliphatic carboxylic acids is 1. The molecule has 3 heterocycles. The van der Waals surface area contributed by atoms with Crippen molar-refractivity contribution in [3.63, 3.8) is 0 Å². The Kier molecular flexibility index (Phi) is 17.8. The van der Waals surface area contributed by atoms with Crippen LogP contribution in [0.1, 0.15) is 71.2 Å². The number of nitrogens with zero attached hydrogens (tertiary/aromatic N) is 2. The zero-order valence-corrected chi connectivity index (χ0v) is 38.4. The first-order chi connectivity index (χ1) is 33.7. The number of aromatic nitrogens is 2. The van der Waals surface area contributed by atoms with Gasteiger partial charge in [-0.1, -0.05) is 49.1 Å². The summed E-state index contributed by atoms with van der Waals surface area (Å²) in [6.07, 6.45) is 1.27. The lowest BCUT2D eigenvalue weighted by Gasteiger charge is -2.29. The fourth-order valence-corrected chi connectivity index (χ4v) is 8.12. The lowest BCUT2D eigenvalue weighted by Crippen LogP contribution is -2.52. The largest absolute Gasteiger partial charge is 0.480 e. The van der Waals surface area contributed by atoms with Crippen LogP contribution in [0.3, 0.4) is 0 Å². The number of halogens is 1. The van der Waals surface area contributed by atoms with E-state index in [-0.39, 0.29) is 51.1 Å². The summed E-state index contributed by atoms with van der Waals surface area (Å²) in [7, 11) is 0. The summed E-state index contributed by atoms with van der Waals surface area (Å²) in [5.41, 5.74) is 4.62. The predicted octanol–water partition coefficient (Wildman–Crippen LogP) is -0.359. The van der Waals surface area contributed by atoms with E-state index in [0.29, 0.717) is 69.4 Å². The van der Waals surface area contributed by atoms with Gasteiger partial charge in [0.1, 0.15) is 31.8 Å². The first-order valence-corrected chi connectivity index (χ1v) is 22.3. The molecule has 0 radical (unpaired) electrons. The Labute approximate surface area is 400 Å². The van der Waals surface area contributed by atoms with Crippen molar-refractivity contribution in [3.05, 3.63) is 97.6 Å². The highest BCUT2D eigenvalue weighted by Crippen LogP contribution is 2.44. The monoisotopic (exact) mass is 965 g/mol. The highest BCUT2D eigenvalue weighted by atomic mass is 19.1. The first-order valence-electron chi connectivity index (χ1n) is 22.3. The summed E-state index contributed by atoms with van der Waals surface area (Å²) in [6, 6.07) is 10.0. The van der Waals surface area contributed by atoms with Gasteiger partial charge in [0.25, 0.3) is 12.0 Å². The number of nitrogens with one attached hydrogen (secondary N) is 7. The van der Waals surface area contributed by atoms with Crippen LogP contribution >= 0.6 is 0 Å². The number of carboxylic acids is 1. The molecule has 1 aliphatic carbocycles. The van der Waals surface area contributed by atoms with Gasteiger partial charge >= 0.3 is 5.97 Å². The maximum absolute atomic E-state index is 15.3. The topological polar surface area (TPSA) is 294 Å². The Morgan fingerprint density at radius 3 is 2.41 bits per heavy atom. The quantitative estimate of drug-likeness (QED) is 0.0180. The third kappa shape index (κ3) is 13.1. The fraction of sp³-hybridized carbons (Fsp3) is 0.375. The third-order valence-corrected chi connectivity index (χ3v) is 11.4. The lowest BCUT2D eigenvalue weighted by molar-refractivity contribution is -0.136. The molecule has 1 aliphatic heterocycles. The molecule has 2 unspecified atom stereocenters. The van der Waals surface area contributed by atoms with Crippen molar-refractivity contribution in [2.75, 3.05) is 46.1 Å². The van der Waals surface area contributed by atoms with Crippen LogP contribution in [-0.4, -0.2) is 115 Å². The second-order valence-corrected chi connectivity index (χ2v) is 16.2. The molecule has 70 heavy (non-hydrogen) atoms. The number of aryl methyl sites for hydroxylation is 1. The van der Waals surface area contributed by atoms with Crippen LogP contribution in [-0.2, 0) is 73.8 Å². The van der Waals surface area contributed by atoms with Crippen molar-refractivity contribution in [2.45, 2.75) is 71.2 Å². The second-order valence-electron chi connectivity index (χ2n) is 16.2. The minimum atomic E-state index is -1.16. The molecule has 8 N–H and O–H groups in total. The van der Waals surface area contributed by atoms with Crippen LogP contribution in [0.4, 0.5) is 4.39 Å². The van der Waals surface area contributed by atoms with E-state index >= 15 is 4.39 Å². The number of hydrogen-bond acceptors (Lipinski definition) is 13. The molecule has 2 aromatic carbocycles. The van der Waals surface area contributed by atoms with Crippen LogP contribution in [0.2, 0.25) is 0 Å². The molecule has 4 aromatic rings. The van der Waals surface area contributed by atoms with E-state index in [1.807, 2.05) is 6.92 Å². The normalized spacial score (nSPS) is 13.3. The van der Waals surface area contributed by atoms with Crippen LogP contribution in [0.15, 0.2) is 47.3 Å². The molecule has 6 amide bonds. The van der Waals surface area contributed by atoms with E-state index in [9.17, 15) is 43.2 Å². The molecule has 21 nitrogen and oxygen atoms in total. The maximum Gasteiger partial charge on any atom is 0.317 e. The summed E-state index contributed by atoms with van der Waals surface area (Å²) >= 11 is 0. The second kappa shape index (κ2) is 24.3. The highest BCUT2D eigenvalue weighted by molar-refractivity contribution is 5.95. The number of fused-ring (bicyclic) bond motifs is 4. The van der Waals surface area contributed by atoms with Gasteiger partial charge in [0, 0.05) is 48.4 Å². The van der Waals surface area contributed by atoms with Crippen molar-refractivity contribution >= 4 is 58.8 Å². The summed E-state index contributed by atoms with van der Waals surface area (Å²) in [6.45, 7) is 0.944. The smallest absolute Gasteiger partial charge is 0.317 e. The van der Waals surface area contributed by atoms with Gasteiger partial charge in [-0.2, -0.15) is 0 Å². The molecule has 22 heteroatoms. The molecule has 2 aromatic heterocycles. The number of carbonyl (C=O) groups is 8. The van der Waals surface area contributed by atoms with E-state index in [1.54, 1.807) is 43.3 Å². The number of rotatable bonds is 23. The Hall–Kier alpha value is -8.03. The first kappa shape index (κ1) is 51.4. The van der Waals surface area contributed by atoms with E-state index in [4.69, 9.17) is 19.6 Å². The van der Waals surface area contributed by atoms with Crippen LogP contribution in [0.25, 0.3) is 22.3 Å². The van der Waals surface area contributed by atoms with Gasteiger partial charge in [0.15, 0.2) is 0 Å². The standard InChI is InChI=1S/C48H52FN9O12/c1-3-4-10-29-16-37-46-31(22-58(37)48(68)32(29)23-70-26-59)45-34(12-11-30-27(2)33(49)17-35(57-46)44(30)45)55-42(64)24-69-25-54-40(62)19-53-47(67)36(15-28-8-6-5-7-9-28)56-41(63)20-52-39(61)18-51-38(60)13-14-50-21-43(65)66/h5-9,16-17,26,34,36,50H,3,11-15,18-25H2,1-2H3,(H,51,60)(H,52,61)(H,53,67)(H,54,62)(H,55,64)(H,56,63)(H,65,66). The summed E-state index contributed by atoms with van der Waals surface area (Å²) in [4.78, 5) is 117. The van der Waals surface area contributed by atoms with Gasteiger partial charge in [-0.15, -0.1) is 0 Å². The third-order valence-electron chi connectivity index (χ3n) is 11.4. The van der Waals surface area contributed by atoms with Crippen molar-refractivity contribution < 1.29 is 57.3 Å². The van der Waals surface area contributed by atoms with E-state index in [0.717, 1.165) is 5.56 Å². The maximum atomic E-state index is 15.3. The number of amides is 6. The molecule has 0 saturated heterocycles. The lowest BCUT2D eigenvalue weighted by atomic mass is 9.81. The molecule has 2 atom stereocenters. The van der Waals surface area contributed by atoms with Crippen LogP contribution in [0.5, 0.6) is 0 Å². The number of carbonyl (C=O) groups excluding carboxylic acids is 7. The minimum absolute atomic E-state index is 0.0362. The minimum Gasteiger partial charge on any atom is -0.480 e. The van der Waals surface area contributed by atoms with Gasteiger partial charge < -0.3 is 56.4 Å². The average molecular weight is 966 g/mol. The number of pyridine rings is 2. The molecular weight excluding hydrogens is 914 g/mol. The van der Waals surface area contributed by atoms with Crippen molar-refractivity contribution in [3.8, 4) is 23.2 Å². The summed E-state index contributed by atoms with van der Waals surface area (Å²) < 4.78 is 27.3. The SMILES string of the molecule is CCC#Cc1cc2n(c(=O)c1COC=O)Cc1c-2nc2cc(F)c(C)c3c2c1C(NC(=O)COCNC(=O)CNC(=O)C(Cc1ccccc1)NC(=O)CNC(=O)CNC(=O)CCNCC(=O)O)CC3. The number of ether oxygens (including phenoxy) is 2. The Balaban J connectivity index is 1.02. The van der Waals surface area contributed by atoms with Crippen molar-refractivity contribution in [1.29, 1.82) is 0 Å². The molecular formula is C48H52FN9O12. The fourth-order valence-electron chi connectivity index (χ4n) is 8.12. The van der Waals surface area contributed by atoms with Crippen LogP contribution in [0, 0.1) is 24.6 Å². The molecule has 0 saturated carbocycles. The molecule has 0 fully saturated rings. The Bertz CT molecular complexity index is 2820. The van der Waals surface area contributed by atoms with E-state index in [1.165, 1.54) is 10.6 Å². The van der Waals surface area contributed by atoms with E-state index < -0.39 is 97.8 Å². The summed E-state index contributed by atoms with van der Waals surface area (Å²) in [5, 5.41) is 27.0. The zero-order chi connectivity index (χ0) is 50.3. The zero-order valence-electron chi connectivity index (χ0n) is 38.4.